The van der Waals surface area contributed by atoms with Gasteiger partial charge in [-0.25, -0.2) is 8.42 Å². The van der Waals surface area contributed by atoms with Gasteiger partial charge < -0.3 is 19.7 Å². The van der Waals surface area contributed by atoms with Crippen LogP contribution in [0.25, 0.3) is 0 Å². The van der Waals surface area contributed by atoms with Gasteiger partial charge >= 0.3 is 0 Å². The lowest BCUT2D eigenvalue weighted by Gasteiger charge is -2.32. The summed E-state index contributed by atoms with van der Waals surface area (Å²) in [6.07, 6.45) is 1.72. The first-order chi connectivity index (χ1) is 20.0. The summed E-state index contributed by atoms with van der Waals surface area (Å²) in [5.74, 6) is -0.216. The van der Waals surface area contributed by atoms with E-state index in [-0.39, 0.29) is 28.8 Å². The quantitative estimate of drug-likeness (QED) is 0.267. The number of anilines is 1. The number of carbonyl (C=O) groups is 2. The van der Waals surface area contributed by atoms with Crippen LogP contribution in [0.1, 0.15) is 43.4 Å². The summed E-state index contributed by atoms with van der Waals surface area (Å²) in [5, 5.41) is 2.90. The number of hydrogen-bond donors (Lipinski definition) is 1. The highest BCUT2D eigenvalue weighted by Crippen LogP contribution is 2.36. The lowest BCUT2D eigenvalue weighted by Crippen LogP contribution is -2.51. The summed E-state index contributed by atoms with van der Waals surface area (Å²) in [5.41, 5.74) is 2.84. The predicted octanol–water partition coefficient (Wildman–Crippen LogP) is 4.85. The molecule has 3 aromatic rings. The van der Waals surface area contributed by atoms with Crippen molar-refractivity contribution >= 4 is 27.5 Å². The van der Waals surface area contributed by atoms with E-state index in [2.05, 4.69) is 5.32 Å². The van der Waals surface area contributed by atoms with Crippen LogP contribution in [0.4, 0.5) is 5.69 Å². The van der Waals surface area contributed by atoms with Gasteiger partial charge in [0.15, 0.2) is 0 Å². The highest BCUT2D eigenvalue weighted by Gasteiger charge is 2.34. The third kappa shape index (κ3) is 7.82. The Bertz CT molecular complexity index is 1470. The van der Waals surface area contributed by atoms with Gasteiger partial charge in [-0.15, -0.1) is 0 Å². The first-order valence-corrected chi connectivity index (χ1v) is 15.4. The molecule has 9 nitrogen and oxygen atoms in total. The van der Waals surface area contributed by atoms with E-state index in [1.807, 2.05) is 45.0 Å². The van der Waals surface area contributed by atoms with Crippen molar-refractivity contribution in [2.75, 3.05) is 31.6 Å². The number of amides is 2. The number of aryl methyl sites for hydroxylation is 2. The molecule has 226 valence electrons. The number of carbonyl (C=O) groups excluding carboxylic acids is 2. The lowest BCUT2D eigenvalue weighted by molar-refractivity contribution is -0.139. The summed E-state index contributed by atoms with van der Waals surface area (Å²) in [4.78, 5) is 28.8. The van der Waals surface area contributed by atoms with Gasteiger partial charge in [-0.2, -0.15) is 0 Å². The van der Waals surface area contributed by atoms with Crippen LogP contribution >= 0.6 is 0 Å². The average molecular weight is 596 g/mol. The first kappa shape index (κ1) is 32.5. The fourth-order valence-electron chi connectivity index (χ4n) is 4.43. The second-order valence-electron chi connectivity index (χ2n) is 10.1. The molecular formula is C32H41N3O6S. The monoisotopic (exact) mass is 595 g/mol. The van der Waals surface area contributed by atoms with Crippen LogP contribution in [-0.4, -0.2) is 58.5 Å². The molecule has 0 aliphatic heterocycles. The number of nitrogens with one attached hydrogen (secondary N) is 1. The summed E-state index contributed by atoms with van der Waals surface area (Å²) in [7, 11) is -1.35. The van der Waals surface area contributed by atoms with Crippen molar-refractivity contribution in [3.05, 3.63) is 83.4 Å². The zero-order valence-electron chi connectivity index (χ0n) is 25.2. The highest BCUT2D eigenvalue weighted by molar-refractivity contribution is 7.92. The van der Waals surface area contributed by atoms with Crippen molar-refractivity contribution in [2.24, 2.45) is 0 Å². The zero-order valence-corrected chi connectivity index (χ0v) is 26.0. The van der Waals surface area contributed by atoms with E-state index in [1.54, 1.807) is 31.2 Å². The van der Waals surface area contributed by atoms with Crippen LogP contribution in [0.2, 0.25) is 0 Å². The number of unbranched alkanes of at least 4 members (excludes halogenated alkanes) is 1. The molecule has 0 radical (unpaired) electrons. The van der Waals surface area contributed by atoms with E-state index in [4.69, 9.17) is 9.47 Å². The molecule has 0 aromatic heterocycles. The number of nitrogens with zero attached hydrogens (tertiary/aromatic N) is 2. The maximum absolute atomic E-state index is 14.2. The minimum Gasteiger partial charge on any atom is -0.497 e. The van der Waals surface area contributed by atoms with Crippen molar-refractivity contribution in [3.63, 3.8) is 0 Å². The molecule has 0 aliphatic carbocycles. The minimum absolute atomic E-state index is 0.0154. The van der Waals surface area contributed by atoms with Crippen LogP contribution in [-0.2, 0) is 26.2 Å². The molecule has 0 spiro atoms. The Kier molecular flexibility index (Phi) is 11.4. The summed E-state index contributed by atoms with van der Waals surface area (Å²) in [6.45, 7) is 7.51. The Morgan fingerprint density at radius 2 is 1.64 bits per heavy atom. The summed E-state index contributed by atoms with van der Waals surface area (Å²) >= 11 is 0. The molecule has 0 saturated heterocycles. The van der Waals surface area contributed by atoms with Gasteiger partial charge in [0.05, 0.1) is 24.8 Å². The fourth-order valence-corrected chi connectivity index (χ4v) is 5.85. The van der Waals surface area contributed by atoms with E-state index in [0.29, 0.717) is 12.3 Å². The van der Waals surface area contributed by atoms with E-state index in [0.717, 1.165) is 33.8 Å². The molecule has 2 amide bonds. The number of rotatable bonds is 14. The maximum Gasteiger partial charge on any atom is 0.264 e. The molecule has 0 saturated carbocycles. The SMILES string of the molecule is CCCCNC(=O)[C@H](C)N(Cc1ccccc1C)C(=O)CN(c1cc(OC)ccc1OC)S(=O)(=O)c1ccc(C)cc1. The molecule has 0 unspecified atom stereocenters. The van der Waals surface area contributed by atoms with Gasteiger partial charge in [0, 0.05) is 19.2 Å². The molecule has 1 N–H and O–H groups in total. The zero-order chi connectivity index (χ0) is 30.9. The Balaban J connectivity index is 2.10. The van der Waals surface area contributed by atoms with Crippen molar-refractivity contribution in [1.82, 2.24) is 10.2 Å². The number of benzene rings is 3. The predicted molar refractivity (Wildman–Crippen MR) is 164 cm³/mol. The second-order valence-corrected chi connectivity index (χ2v) is 12.0. The van der Waals surface area contributed by atoms with Crippen LogP contribution in [0.15, 0.2) is 71.6 Å². The Morgan fingerprint density at radius 3 is 2.26 bits per heavy atom. The molecule has 10 heteroatoms. The molecule has 3 aromatic carbocycles. The third-order valence-corrected chi connectivity index (χ3v) is 8.92. The molecule has 0 heterocycles. The van der Waals surface area contributed by atoms with Crippen LogP contribution in [0, 0.1) is 13.8 Å². The Labute approximate surface area is 249 Å². The van der Waals surface area contributed by atoms with Gasteiger partial charge in [0.1, 0.15) is 24.1 Å². The van der Waals surface area contributed by atoms with Crippen molar-refractivity contribution in [3.8, 4) is 11.5 Å². The lowest BCUT2D eigenvalue weighted by atomic mass is 10.1. The second kappa shape index (κ2) is 14.7. The van der Waals surface area contributed by atoms with Gasteiger partial charge in [-0.3, -0.25) is 13.9 Å². The van der Waals surface area contributed by atoms with Gasteiger partial charge in [0.2, 0.25) is 11.8 Å². The van der Waals surface area contributed by atoms with Gasteiger partial charge in [-0.1, -0.05) is 55.3 Å². The highest BCUT2D eigenvalue weighted by atomic mass is 32.2. The summed E-state index contributed by atoms with van der Waals surface area (Å²) < 4.78 is 40.2. The van der Waals surface area contributed by atoms with Crippen molar-refractivity contribution in [1.29, 1.82) is 0 Å². The van der Waals surface area contributed by atoms with Crippen LogP contribution < -0.4 is 19.1 Å². The maximum atomic E-state index is 14.2. The molecule has 1 atom stereocenters. The van der Waals surface area contributed by atoms with E-state index in [1.165, 1.54) is 37.3 Å². The van der Waals surface area contributed by atoms with Crippen molar-refractivity contribution in [2.45, 2.75) is 58.0 Å². The molecule has 0 bridgehead atoms. The molecule has 0 aliphatic rings. The fraction of sp³-hybridized carbons (Fsp3) is 0.375. The number of sulfonamides is 1. The smallest absolute Gasteiger partial charge is 0.264 e. The van der Waals surface area contributed by atoms with Crippen LogP contribution in [0.5, 0.6) is 11.5 Å². The molecular weight excluding hydrogens is 554 g/mol. The average Bonchev–Trinajstić information content (AvgIpc) is 2.98. The van der Waals surface area contributed by atoms with Gasteiger partial charge in [0.25, 0.3) is 10.0 Å². The van der Waals surface area contributed by atoms with E-state index < -0.39 is 28.5 Å². The largest absolute Gasteiger partial charge is 0.497 e. The van der Waals surface area contributed by atoms with E-state index in [9.17, 15) is 18.0 Å². The summed E-state index contributed by atoms with van der Waals surface area (Å²) in [6, 6.07) is 17.9. The standard InChI is InChI=1S/C32H41N3O6S/c1-7-8-19-33-32(37)25(4)34(21-26-12-10-9-11-24(26)3)31(36)22-35(29-20-27(40-5)15-18-30(29)41-6)42(38,39)28-16-13-23(2)14-17-28/h9-18,20,25H,7-8,19,21-22H2,1-6H3,(H,33,37)/t25-/m0/s1. The van der Waals surface area contributed by atoms with E-state index >= 15 is 0 Å². The first-order valence-electron chi connectivity index (χ1n) is 14.0. The number of hydrogen-bond acceptors (Lipinski definition) is 6. The molecule has 0 fully saturated rings. The molecule has 42 heavy (non-hydrogen) atoms. The topological polar surface area (TPSA) is 105 Å². The van der Waals surface area contributed by atoms with Crippen LogP contribution in [0.3, 0.4) is 0 Å². The number of ether oxygens (including phenoxy) is 2. The Hall–Kier alpha value is -4.05. The normalized spacial score (nSPS) is 11.9. The van der Waals surface area contributed by atoms with Crippen molar-refractivity contribution < 1.29 is 27.5 Å². The minimum atomic E-state index is -4.25. The van der Waals surface area contributed by atoms with Gasteiger partial charge in [-0.05, 0) is 62.6 Å². The third-order valence-electron chi connectivity index (χ3n) is 7.14. The Morgan fingerprint density at radius 1 is 0.952 bits per heavy atom. The number of methoxy groups -OCH3 is 2. The molecule has 3 rings (SSSR count).